The minimum atomic E-state index is 0.0993. The lowest BCUT2D eigenvalue weighted by atomic mass is 10.2. The van der Waals surface area contributed by atoms with Crippen molar-refractivity contribution in [1.29, 1.82) is 0 Å². The zero-order chi connectivity index (χ0) is 11.1. The monoisotopic (exact) mass is 212 g/mol. The molecule has 0 saturated carbocycles. The highest BCUT2D eigenvalue weighted by atomic mass is 16.5. The van der Waals surface area contributed by atoms with E-state index in [1.54, 1.807) is 18.8 Å². The molecular weight excluding hydrogens is 196 g/mol. The fraction of sp³-hybridized carbons (Fsp3) is 0.667. The molecule has 15 heavy (non-hydrogen) atoms. The zero-order valence-electron chi connectivity index (χ0n) is 9.06. The number of Topliss-reactive ketones (excluding diaryl/α,β-unsaturated/α-hetero) is 1. The van der Waals surface area contributed by atoms with Gasteiger partial charge in [-0.1, -0.05) is 0 Å². The number of carbonyl (C=O) groups excluding carboxylic acids is 1. The number of hydrogen-bond acceptors (Lipinski definition) is 5. The highest BCUT2D eigenvalue weighted by molar-refractivity contribution is 5.82. The number of ketones is 1. The second-order valence-corrected chi connectivity index (χ2v) is 3.18. The Kier molecular flexibility index (Phi) is 4.92. The van der Waals surface area contributed by atoms with Crippen LogP contribution >= 0.6 is 0 Å². The molecule has 84 valence electrons. The summed E-state index contributed by atoms with van der Waals surface area (Å²) in [6, 6.07) is 0. The molecule has 0 aliphatic rings. The van der Waals surface area contributed by atoms with Crippen molar-refractivity contribution in [2.24, 2.45) is 7.05 Å². The van der Waals surface area contributed by atoms with Crippen molar-refractivity contribution in [3.63, 3.8) is 0 Å². The fourth-order valence-corrected chi connectivity index (χ4v) is 1.12. The van der Waals surface area contributed by atoms with Crippen molar-refractivity contribution in [2.45, 2.75) is 6.42 Å². The van der Waals surface area contributed by atoms with E-state index in [4.69, 9.17) is 4.74 Å². The van der Waals surface area contributed by atoms with Gasteiger partial charge >= 0.3 is 0 Å². The van der Waals surface area contributed by atoms with E-state index in [0.29, 0.717) is 31.9 Å². The maximum absolute atomic E-state index is 11.4. The lowest BCUT2D eigenvalue weighted by Gasteiger charge is -2.02. The van der Waals surface area contributed by atoms with Crippen LogP contribution in [0.5, 0.6) is 0 Å². The molecule has 1 aromatic rings. The standard InChI is InChI=1S/C9H16N4O2/c1-13-9(11-7-12-13)5-8(14)6-10-3-4-15-2/h7,10H,3-6H2,1-2H3. The molecule has 0 atom stereocenters. The van der Waals surface area contributed by atoms with Crippen LogP contribution in [0, 0.1) is 0 Å². The molecule has 6 heteroatoms. The van der Waals surface area contributed by atoms with E-state index < -0.39 is 0 Å². The Morgan fingerprint density at radius 2 is 2.47 bits per heavy atom. The van der Waals surface area contributed by atoms with Crippen LogP contribution in [-0.4, -0.2) is 47.4 Å². The van der Waals surface area contributed by atoms with E-state index in [2.05, 4.69) is 15.4 Å². The maximum atomic E-state index is 11.4. The first kappa shape index (κ1) is 11.8. The Morgan fingerprint density at radius 3 is 3.07 bits per heavy atom. The molecule has 1 aromatic heterocycles. The van der Waals surface area contributed by atoms with Crippen molar-refractivity contribution >= 4 is 5.78 Å². The molecule has 0 aromatic carbocycles. The predicted molar refractivity (Wildman–Crippen MR) is 54.5 cm³/mol. The molecule has 0 aliphatic heterocycles. The van der Waals surface area contributed by atoms with Crippen LogP contribution in [0.3, 0.4) is 0 Å². The van der Waals surface area contributed by atoms with Gasteiger partial charge in [-0.2, -0.15) is 5.10 Å². The number of methoxy groups -OCH3 is 1. The maximum Gasteiger partial charge on any atom is 0.154 e. The Morgan fingerprint density at radius 1 is 1.67 bits per heavy atom. The van der Waals surface area contributed by atoms with Gasteiger partial charge in [-0.3, -0.25) is 9.48 Å². The quantitative estimate of drug-likeness (QED) is 0.597. The summed E-state index contributed by atoms with van der Waals surface area (Å²) in [4.78, 5) is 15.4. The highest BCUT2D eigenvalue weighted by Crippen LogP contribution is 1.92. The van der Waals surface area contributed by atoms with Gasteiger partial charge in [0.2, 0.25) is 0 Å². The number of nitrogens with one attached hydrogen (secondary N) is 1. The molecule has 0 amide bonds. The van der Waals surface area contributed by atoms with Crippen molar-refractivity contribution in [1.82, 2.24) is 20.1 Å². The van der Waals surface area contributed by atoms with Gasteiger partial charge in [-0.15, -0.1) is 0 Å². The molecule has 0 unspecified atom stereocenters. The van der Waals surface area contributed by atoms with Crippen molar-refractivity contribution in [2.75, 3.05) is 26.8 Å². The molecule has 0 aliphatic carbocycles. The van der Waals surface area contributed by atoms with Crippen molar-refractivity contribution in [3.8, 4) is 0 Å². The van der Waals surface area contributed by atoms with Gasteiger partial charge in [0.15, 0.2) is 5.78 Å². The number of aryl methyl sites for hydroxylation is 1. The second kappa shape index (κ2) is 6.26. The molecule has 0 radical (unpaired) electrons. The van der Waals surface area contributed by atoms with Crippen LogP contribution < -0.4 is 5.32 Å². The summed E-state index contributed by atoms with van der Waals surface area (Å²) in [5, 5.41) is 6.88. The first-order chi connectivity index (χ1) is 7.24. The van der Waals surface area contributed by atoms with E-state index in [9.17, 15) is 4.79 Å². The molecule has 0 spiro atoms. The summed E-state index contributed by atoms with van der Waals surface area (Å²) < 4.78 is 6.45. The largest absolute Gasteiger partial charge is 0.383 e. The summed E-state index contributed by atoms with van der Waals surface area (Å²) in [5.41, 5.74) is 0. The predicted octanol–water partition coefficient (Wildman–Crippen LogP) is -0.837. The van der Waals surface area contributed by atoms with Gasteiger partial charge in [-0.25, -0.2) is 4.98 Å². The smallest absolute Gasteiger partial charge is 0.154 e. The first-order valence-corrected chi connectivity index (χ1v) is 4.78. The summed E-state index contributed by atoms with van der Waals surface area (Å²) in [6.45, 7) is 1.63. The van der Waals surface area contributed by atoms with Crippen molar-refractivity contribution < 1.29 is 9.53 Å². The number of nitrogens with zero attached hydrogens (tertiary/aromatic N) is 3. The van der Waals surface area contributed by atoms with E-state index in [-0.39, 0.29) is 5.78 Å². The van der Waals surface area contributed by atoms with Crippen LogP contribution in [0.15, 0.2) is 6.33 Å². The Labute approximate surface area is 88.6 Å². The van der Waals surface area contributed by atoms with Gasteiger partial charge in [0.05, 0.1) is 19.6 Å². The van der Waals surface area contributed by atoms with Crippen LogP contribution in [-0.2, 0) is 23.0 Å². The first-order valence-electron chi connectivity index (χ1n) is 4.78. The summed E-state index contributed by atoms with van der Waals surface area (Å²) in [5.74, 6) is 0.788. The molecule has 0 bridgehead atoms. The summed E-state index contributed by atoms with van der Waals surface area (Å²) in [7, 11) is 3.40. The zero-order valence-corrected chi connectivity index (χ0v) is 9.06. The number of aromatic nitrogens is 3. The average Bonchev–Trinajstić information content (AvgIpc) is 2.59. The minimum absolute atomic E-state index is 0.0993. The fourth-order valence-electron chi connectivity index (χ4n) is 1.12. The van der Waals surface area contributed by atoms with Crippen LogP contribution in [0.4, 0.5) is 0 Å². The van der Waals surface area contributed by atoms with Crippen LogP contribution in [0.2, 0.25) is 0 Å². The number of hydrogen-bond donors (Lipinski definition) is 1. The van der Waals surface area contributed by atoms with Crippen molar-refractivity contribution in [3.05, 3.63) is 12.2 Å². The van der Waals surface area contributed by atoms with E-state index in [0.717, 1.165) is 0 Å². The van der Waals surface area contributed by atoms with E-state index >= 15 is 0 Å². The lowest BCUT2D eigenvalue weighted by Crippen LogP contribution is -2.27. The average molecular weight is 212 g/mol. The molecule has 6 nitrogen and oxygen atoms in total. The van der Waals surface area contributed by atoms with Gasteiger partial charge in [-0.05, 0) is 0 Å². The molecule has 0 fully saturated rings. The molecule has 1 N–H and O–H groups in total. The Bertz CT molecular complexity index is 311. The lowest BCUT2D eigenvalue weighted by molar-refractivity contribution is -0.117. The SMILES string of the molecule is COCCNCC(=O)Cc1ncnn1C. The third-order valence-corrected chi connectivity index (χ3v) is 1.97. The van der Waals surface area contributed by atoms with Crippen LogP contribution in [0.1, 0.15) is 5.82 Å². The third-order valence-electron chi connectivity index (χ3n) is 1.97. The molecular formula is C9H16N4O2. The van der Waals surface area contributed by atoms with Gasteiger partial charge in [0.1, 0.15) is 12.2 Å². The number of carbonyl (C=O) groups is 1. The van der Waals surface area contributed by atoms with Gasteiger partial charge in [0.25, 0.3) is 0 Å². The van der Waals surface area contributed by atoms with Crippen LogP contribution in [0.25, 0.3) is 0 Å². The van der Waals surface area contributed by atoms with Gasteiger partial charge in [0, 0.05) is 20.7 Å². The Hall–Kier alpha value is -1.27. The molecule has 1 heterocycles. The molecule has 1 rings (SSSR count). The van der Waals surface area contributed by atoms with Gasteiger partial charge < -0.3 is 10.1 Å². The number of ether oxygens (including phenoxy) is 1. The second-order valence-electron chi connectivity index (χ2n) is 3.18. The topological polar surface area (TPSA) is 69.0 Å². The van der Waals surface area contributed by atoms with E-state index in [1.807, 2.05) is 0 Å². The normalized spacial score (nSPS) is 10.5. The molecule has 0 saturated heterocycles. The number of rotatable bonds is 7. The highest BCUT2D eigenvalue weighted by Gasteiger charge is 2.07. The third kappa shape index (κ3) is 4.18. The Balaban J connectivity index is 2.22. The van der Waals surface area contributed by atoms with E-state index in [1.165, 1.54) is 6.33 Å². The summed E-state index contributed by atoms with van der Waals surface area (Å²) in [6.07, 6.45) is 1.76. The summed E-state index contributed by atoms with van der Waals surface area (Å²) >= 11 is 0. The minimum Gasteiger partial charge on any atom is -0.383 e.